The fourth-order valence-corrected chi connectivity index (χ4v) is 5.13. The molecular weight excluding hydrogens is 486 g/mol. The lowest BCUT2D eigenvalue weighted by Crippen LogP contribution is -2.44. The Hall–Kier alpha value is -2.82. The Morgan fingerprint density at radius 1 is 1.05 bits per heavy atom. The number of carbonyl (C=O) groups is 1. The lowest BCUT2D eigenvalue weighted by atomic mass is 9.95. The third kappa shape index (κ3) is 8.09. The lowest BCUT2D eigenvalue weighted by molar-refractivity contribution is -0.205. The van der Waals surface area contributed by atoms with E-state index in [1.807, 2.05) is 0 Å². The number of nitrogens with zero attached hydrogens (tertiary/aromatic N) is 3. The van der Waals surface area contributed by atoms with Gasteiger partial charge in [0.15, 0.2) is 0 Å². The van der Waals surface area contributed by atoms with Gasteiger partial charge in [-0.3, -0.25) is 29.1 Å². The smallest absolute Gasteiger partial charge is 0.253 e. The number of amides is 1. The molecule has 0 spiro atoms. The molecule has 10 heteroatoms. The van der Waals surface area contributed by atoms with Gasteiger partial charge in [0, 0.05) is 38.8 Å². The van der Waals surface area contributed by atoms with Crippen LogP contribution in [0.15, 0.2) is 34.1 Å². The van der Waals surface area contributed by atoms with Crippen molar-refractivity contribution >= 4 is 23.0 Å². The predicted molar refractivity (Wildman–Crippen MR) is 147 cm³/mol. The lowest BCUT2D eigenvalue weighted by Gasteiger charge is -2.34. The molecule has 1 saturated heterocycles. The molecule has 1 aliphatic carbocycles. The molecule has 0 bridgehead atoms. The summed E-state index contributed by atoms with van der Waals surface area (Å²) in [6, 6.07) is 3.74. The summed E-state index contributed by atoms with van der Waals surface area (Å²) < 4.78 is 5.41. The number of carbonyl (C=O) groups excluding carboxylic acids is 1. The van der Waals surface area contributed by atoms with Crippen LogP contribution in [0, 0.1) is 0 Å². The summed E-state index contributed by atoms with van der Waals surface area (Å²) in [5, 5.41) is 7.77. The summed E-state index contributed by atoms with van der Waals surface area (Å²) in [6.07, 6.45) is 12.8. The Balaban J connectivity index is 1.14. The van der Waals surface area contributed by atoms with Gasteiger partial charge in [-0.1, -0.05) is 32.1 Å². The van der Waals surface area contributed by atoms with Crippen molar-refractivity contribution in [3.63, 3.8) is 0 Å². The van der Waals surface area contributed by atoms with Crippen molar-refractivity contribution in [2.45, 2.75) is 70.3 Å². The van der Waals surface area contributed by atoms with Gasteiger partial charge in [0.1, 0.15) is 11.4 Å². The molecule has 0 unspecified atom stereocenters. The second-order valence-electron chi connectivity index (χ2n) is 10.2. The normalized spacial score (nSPS) is 16.9. The van der Waals surface area contributed by atoms with Crippen LogP contribution in [0.2, 0.25) is 0 Å². The van der Waals surface area contributed by atoms with Crippen LogP contribution in [0.4, 0.5) is 17.1 Å². The number of rotatable bonds is 15. The molecule has 1 amide bonds. The van der Waals surface area contributed by atoms with Crippen molar-refractivity contribution in [1.82, 2.24) is 14.9 Å². The number of morpholine rings is 1. The highest BCUT2D eigenvalue weighted by molar-refractivity contribution is 5.78. The van der Waals surface area contributed by atoms with Crippen molar-refractivity contribution in [3.05, 3.63) is 45.0 Å². The van der Waals surface area contributed by atoms with Gasteiger partial charge < -0.3 is 15.4 Å². The molecule has 2 N–H and O–H groups in total. The Bertz CT molecular complexity index is 1060. The number of hydrogen-bond donors (Lipinski definition) is 2. The average molecular weight is 528 g/mol. The van der Waals surface area contributed by atoms with Crippen LogP contribution in [-0.2, 0) is 14.4 Å². The van der Waals surface area contributed by atoms with E-state index in [1.54, 1.807) is 29.6 Å². The van der Waals surface area contributed by atoms with Crippen molar-refractivity contribution in [2.24, 2.45) is 0 Å². The molecule has 0 atom stereocenters. The maximum atomic E-state index is 13.1. The minimum Gasteiger partial charge on any atom is -0.380 e. The van der Waals surface area contributed by atoms with E-state index in [9.17, 15) is 14.4 Å². The van der Waals surface area contributed by atoms with Crippen LogP contribution >= 0.6 is 0 Å². The number of aromatic nitrogens is 1. The fraction of sp³-hybridized carbons (Fsp3) is 0.643. The molecule has 208 valence electrons. The highest BCUT2D eigenvalue weighted by Crippen LogP contribution is 2.24. The highest BCUT2D eigenvalue weighted by Gasteiger charge is 2.26. The summed E-state index contributed by atoms with van der Waals surface area (Å²) >= 11 is 0. The summed E-state index contributed by atoms with van der Waals surface area (Å²) in [5.74, 6) is 0.0897. The van der Waals surface area contributed by atoms with E-state index in [2.05, 4.69) is 20.5 Å². The number of ether oxygens (including phenoxy) is 1. The standard InChI is InChI=1S/C28H41N5O5/c34-24(33(23-10-4-3-5-11-23)38-20-17-32-15-18-37-19-16-32)12-6-1-2-7-14-30-25-26(28(36)27(25)35)31-22-9-8-13-29-21-22/h8-9,13,21,23,30-31H,1-7,10-12,14-20H2. The topological polar surface area (TPSA) is 113 Å². The zero-order valence-electron chi connectivity index (χ0n) is 22.3. The zero-order chi connectivity index (χ0) is 26.6. The predicted octanol–water partition coefficient (Wildman–Crippen LogP) is 3.21. The third-order valence-electron chi connectivity index (χ3n) is 7.35. The SMILES string of the molecule is O=C(CCCCCCNc1c(Nc2cccnc2)c(=O)c1=O)N(OCCN1CCOCC1)C1CCCCC1. The largest absolute Gasteiger partial charge is 0.380 e. The van der Waals surface area contributed by atoms with Gasteiger partial charge in [0.05, 0.1) is 37.7 Å². The van der Waals surface area contributed by atoms with E-state index < -0.39 is 10.9 Å². The Labute approximate surface area is 224 Å². The molecule has 0 radical (unpaired) electrons. The first-order valence-electron chi connectivity index (χ1n) is 14.1. The maximum absolute atomic E-state index is 13.1. The number of nitrogens with one attached hydrogen (secondary N) is 2. The van der Waals surface area contributed by atoms with E-state index in [1.165, 1.54) is 6.42 Å². The van der Waals surface area contributed by atoms with Crippen LogP contribution in [0.3, 0.4) is 0 Å². The van der Waals surface area contributed by atoms with Gasteiger partial charge in [-0.15, -0.1) is 0 Å². The van der Waals surface area contributed by atoms with Crippen molar-refractivity contribution in [1.29, 1.82) is 0 Å². The number of unbranched alkanes of at least 4 members (excludes halogenated alkanes) is 3. The summed E-state index contributed by atoms with van der Waals surface area (Å²) in [6.45, 7) is 5.30. The van der Waals surface area contributed by atoms with Crippen molar-refractivity contribution in [2.75, 3.05) is 56.6 Å². The summed E-state index contributed by atoms with van der Waals surface area (Å²) in [4.78, 5) is 49.4. The maximum Gasteiger partial charge on any atom is 0.253 e. The van der Waals surface area contributed by atoms with Gasteiger partial charge in [-0.2, -0.15) is 0 Å². The quantitative estimate of drug-likeness (QED) is 0.205. The molecule has 2 aliphatic rings. The second kappa shape index (κ2) is 14.9. The first-order chi connectivity index (χ1) is 18.6. The average Bonchev–Trinajstić information content (AvgIpc) is 2.97. The molecule has 2 aromatic rings. The molecule has 1 aliphatic heterocycles. The third-order valence-corrected chi connectivity index (χ3v) is 7.35. The van der Waals surface area contributed by atoms with Gasteiger partial charge in [0.2, 0.25) is 5.91 Å². The highest BCUT2D eigenvalue weighted by atomic mass is 16.7. The zero-order valence-corrected chi connectivity index (χ0v) is 22.3. The van der Waals surface area contributed by atoms with Gasteiger partial charge in [-0.05, 0) is 37.8 Å². The first kappa shape index (κ1) is 28.2. The van der Waals surface area contributed by atoms with Crippen molar-refractivity contribution < 1.29 is 14.4 Å². The van der Waals surface area contributed by atoms with Crippen LogP contribution in [0.1, 0.15) is 64.2 Å². The molecule has 38 heavy (non-hydrogen) atoms. The Morgan fingerprint density at radius 3 is 2.58 bits per heavy atom. The number of anilines is 3. The molecule has 2 heterocycles. The molecule has 1 saturated carbocycles. The molecule has 4 rings (SSSR count). The minimum atomic E-state index is -0.510. The molecule has 1 aromatic heterocycles. The number of hydroxylamine groups is 2. The molecule has 10 nitrogen and oxygen atoms in total. The van der Waals surface area contributed by atoms with E-state index in [-0.39, 0.29) is 11.9 Å². The molecular formula is C28H41N5O5. The van der Waals surface area contributed by atoms with E-state index >= 15 is 0 Å². The first-order valence-corrected chi connectivity index (χ1v) is 14.1. The van der Waals surface area contributed by atoms with Crippen LogP contribution in [-0.4, -0.2) is 72.9 Å². The van der Waals surface area contributed by atoms with Gasteiger partial charge in [0.25, 0.3) is 10.9 Å². The van der Waals surface area contributed by atoms with E-state index in [0.717, 1.165) is 84.2 Å². The number of pyridine rings is 1. The van der Waals surface area contributed by atoms with Gasteiger partial charge >= 0.3 is 0 Å². The van der Waals surface area contributed by atoms with E-state index in [4.69, 9.17) is 9.57 Å². The Kier molecular flexibility index (Phi) is 11.1. The summed E-state index contributed by atoms with van der Waals surface area (Å²) in [5.41, 5.74) is 0.305. The monoisotopic (exact) mass is 527 g/mol. The molecule has 2 fully saturated rings. The van der Waals surface area contributed by atoms with Crippen LogP contribution < -0.4 is 21.5 Å². The van der Waals surface area contributed by atoms with Crippen LogP contribution in [0.25, 0.3) is 0 Å². The number of hydrogen-bond acceptors (Lipinski definition) is 9. The van der Waals surface area contributed by atoms with Gasteiger partial charge in [-0.25, -0.2) is 5.06 Å². The van der Waals surface area contributed by atoms with E-state index in [0.29, 0.717) is 36.6 Å². The minimum absolute atomic E-state index is 0.0897. The molecule has 1 aromatic carbocycles. The summed E-state index contributed by atoms with van der Waals surface area (Å²) in [7, 11) is 0. The van der Waals surface area contributed by atoms with Crippen LogP contribution in [0.5, 0.6) is 0 Å². The second-order valence-corrected chi connectivity index (χ2v) is 10.2. The van der Waals surface area contributed by atoms with Crippen molar-refractivity contribution in [3.8, 4) is 0 Å². The fourth-order valence-electron chi connectivity index (χ4n) is 5.13. The Morgan fingerprint density at radius 2 is 1.82 bits per heavy atom.